The number of carboxylic acid groups (broad SMARTS) is 2. The van der Waals surface area contributed by atoms with E-state index in [9.17, 15) is 8.42 Å². The van der Waals surface area contributed by atoms with Gasteiger partial charge in [-0.15, -0.1) is 0 Å². The van der Waals surface area contributed by atoms with Gasteiger partial charge in [-0.05, 0) is 17.5 Å². The van der Waals surface area contributed by atoms with Crippen molar-refractivity contribution in [2.75, 3.05) is 32.4 Å². The van der Waals surface area contributed by atoms with Crippen LogP contribution in [0.3, 0.4) is 0 Å². The number of aryl methyl sites for hydroxylation is 1. The van der Waals surface area contributed by atoms with Crippen molar-refractivity contribution in [2.24, 2.45) is 0 Å². The predicted molar refractivity (Wildman–Crippen MR) is 92.8 cm³/mol. The van der Waals surface area contributed by atoms with Crippen molar-refractivity contribution in [2.45, 2.75) is 19.9 Å². The van der Waals surface area contributed by atoms with E-state index in [1.807, 2.05) is 0 Å². The number of nitrogens with zero attached hydrogens (tertiary/aromatic N) is 2. The summed E-state index contributed by atoms with van der Waals surface area (Å²) in [7, 11) is -3.02. The third-order valence-corrected chi connectivity index (χ3v) is 5.12. The van der Waals surface area contributed by atoms with Gasteiger partial charge in [0.15, 0.2) is 0 Å². The first kappa shape index (κ1) is 21.1. The summed E-state index contributed by atoms with van der Waals surface area (Å²) in [6.45, 7) is 5.88. The molecular formula is C16H24N2O6S. The van der Waals surface area contributed by atoms with Crippen LogP contribution in [0.4, 0.5) is 0 Å². The molecule has 0 aromatic heterocycles. The Hall–Kier alpha value is -1.97. The minimum absolute atomic E-state index is 0.603. The predicted octanol–water partition coefficient (Wildman–Crippen LogP) is 0.482. The van der Waals surface area contributed by atoms with Gasteiger partial charge in [0.05, 0.1) is 6.26 Å². The largest absolute Gasteiger partial charge is 0.473 e. The van der Waals surface area contributed by atoms with Crippen molar-refractivity contribution >= 4 is 22.0 Å². The van der Waals surface area contributed by atoms with Gasteiger partial charge in [-0.2, -0.15) is 4.31 Å². The fourth-order valence-corrected chi connectivity index (χ4v) is 3.18. The molecule has 1 fully saturated rings. The Kier molecular flexibility index (Phi) is 8.01. The normalized spacial score (nSPS) is 15.9. The highest BCUT2D eigenvalue weighted by Gasteiger charge is 2.23. The number of carboxylic acids is 2. The number of aliphatic carboxylic acids is 2. The fraction of sp³-hybridized carbons (Fsp3) is 0.500. The van der Waals surface area contributed by atoms with Crippen molar-refractivity contribution in [1.82, 2.24) is 9.21 Å². The molecule has 2 rings (SSSR count). The topological polar surface area (TPSA) is 115 Å². The van der Waals surface area contributed by atoms with Gasteiger partial charge in [0.1, 0.15) is 0 Å². The van der Waals surface area contributed by atoms with Crippen LogP contribution in [0.5, 0.6) is 0 Å². The SMILES string of the molecule is CCc1ccc(CN2CCN(S(C)(=O)=O)CC2)cc1.O=C(O)C(=O)O. The average molecular weight is 372 g/mol. The fourth-order valence-electron chi connectivity index (χ4n) is 2.36. The summed E-state index contributed by atoms with van der Waals surface area (Å²) in [5.74, 6) is -3.65. The molecule has 1 aromatic rings. The standard InChI is InChI=1S/C14H22N2O2S.C2H2O4/c1-3-13-4-6-14(7-5-13)12-15-8-10-16(11-9-15)19(2,17)18;3-1(4)2(5)6/h4-7H,3,8-12H2,1-2H3;(H,3,4)(H,5,6). The second-order valence-electron chi connectivity index (χ2n) is 5.72. The van der Waals surface area contributed by atoms with E-state index in [-0.39, 0.29) is 0 Å². The smallest absolute Gasteiger partial charge is 0.414 e. The molecule has 1 saturated heterocycles. The Morgan fingerprint density at radius 1 is 0.960 bits per heavy atom. The molecule has 1 aromatic carbocycles. The lowest BCUT2D eigenvalue weighted by Gasteiger charge is -2.33. The summed E-state index contributed by atoms with van der Waals surface area (Å²) in [5.41, 5.74) is 2.65. The van der Waals surface area contributed by atoms with Crippen LogP contribution in [0, 0.1) is 0 Å². The molecule has 0 bridgehead atoms. The molecule has 2 N–H and O–H groups in total. The van der Waals surface area contributed by atoms with Crippen molar-refractivity contribution in [1.29, 1.82) is 0 Å². The summed E-state index contributed by atoms with van der Waals surface area (Å²) >= 11 is 0. The molecule has 8 nitrogen and oxygen atoms in total. The summed E-state index contributed by atoms with van der Waals surface area (Å²) in [6, 6.07) is 8.67. The maximum Gasteiger partial charge on any atom is 0.414 e. The van der Waals surface area contributed by atoms with E-state index < -0.39 is 22.0 Å². The summed E-state index contributed by atoms with van der Waals surface area (Å²) in [6.07, 6.45) is 2.35. The summed E-state index contributed by atoms with van der Waals surface area (Å²) < 4.78 is 24.4. The van der Waals surface area contributed by atoms with Crippen LogP contribution in [0.2, 0.25) is 0 Å². The van der Waals surface area contributed by atoms with E-state index in [1.165, 1.54) is 17.4 Å². The first-order valence-corrected chi connectivity index (χ1v) is 9.69. The molecule has 1 heterocycles. The molecule has 0 amide bonds. The van der Waals surface area contributed by atoms with E-state index in [4.69, 9.17) is 19.8 Å². The molecule has 0 unspecified atom stereocenters. The van der Waals surface area contributed by atoms with Gasteiger partial charge in [-0.1, -0.05) is 31.2 Å². The van der Waals surface area contributed by atoms with Gasteiger partial charge in [0, 0.05) is 32.7 Å². The Balaban J connectivity index is 0.000000450. The maximum atomic E-state index is 11.4. The second-order valence-corrected chi connectivity index (χ2v) is 7.70. The van der Waals surface area contributed by atoms with E-state index in [0.29, 0.717) is 13.1 Å². The van der Waals surface area contributed by atoms with Crippen LogP contribution in [0.1, 0.15) is 18.1 Å². The van der Waals surface area contributed by atoms with Crippen LogP contribution >= 0.6 is 0 Å². The second kappa shape index (κ2) is 9.50. The van der Waals surface area contributed by atoms with Crippen LogP contribution in [0.25, 0.3) is 0 Å². The van der Waals surface area contributed by atoms with Crippen molar-refractivity contribution < 1.29 is 28.2 Å². The van der Waals surface area contributed by atoms with Gasteiger partial charge < -0.3 is 10.2 Å². The van der Waals surface area contributed by atoms with E-state index in [2.05, 4.69) is 36.1 Å². The van der Waals surface area contributed by atoms with E-state index >= 15 is 0 Å². The highest BCUT2D eigenvalue weighted by molar-refractivity contribution is 7.88. The molecule has 0 aliphatic carbocycles. The Morgan fingerprint density at radius 3 is 1.76 bits per heavy atom. The van der Waals surface area contributed by atoms with Crippen molar-refractivity contribution in [3.8, 4) is 0 Å². The van der Waals surface area contributed by atoms with Crippen LogP contribution in [0.15, 0.2) is 24.3 Å². The number of piperazine rings is 1. The zero-order valence-electron chi connectivity index (χ0n) is 14.4. The summed E-state index contributed by atoms with van der Waals surface area (Å²) in [5, 5.41) is 14.8. The minimum Gasteiger partial charge on any atom is -0.473 e. The van der Waals surface area contributed by atoms with E-state index in [0.717, 1.165) is 26.1 Å². The quantitative estimate of drug-likeness (QED) is 0.739. The molecule has 1 aliphatic heterocycles. The molecule has 9 heteroatoms. The first-order valence-electron chi connectivity index (χ1n) is 7.85. The first-order chi connectivity index (χ1) is 11.6. The van der Waals surface area contributed by atoms with Crippen LogP contribution < -0.4 is 0 Å². The van der Waals surface area contributed by atoms with Gasteiger partial charge in [-0.3, -0.25) is 4.90 Å². The maximum absolute atomic E-state index is 11.4. The number of sulfonamides is 1. The van der Waals surface area contributed by atoms with Crippen LogP contribution in [-0.2, 0) is 32.6 Å². The number of hydrogen-bond donors (Lipinski definition) is 2. The third-order valence-electron chi connectivity index (χ3n) is 3.82. The molecule has 25 heavy (non-hydrogen) atoms. The highest BCUT2D eigenvalue weighted by atomic mass is 32.2. The number of rotatable bonds is 4. The molecule has 140 valence electrons. The van der Waals surface area contributed by atoms with Crippen molar-refractivity contribution in [3.05, 3.63) is 35.4 Å². The molecular weight excluding hydrogens is 348 g/mol. The lowest BCUT2D eigenvalue weighted by molar-refractivity contribution is -0.159. The van der Waals surface area contributed by atoms with Crippen molar-refractivity contribution in [3.63, 3.8) is 0 Å². The highest BCUT2D eigenvalue weighted by Crippen LogP contribution is 2.11. The number of carbonyl (C=O) groups is 2. The van der Waals surface area contributed by atoms with E-state index in [1.54, 1.807) is 4.31 Å². The monoisotopic (exact) mass is 372 g/mol. The molecule has 0 saturated carbocycles. The molecule has 0 spiro atoms. The lowest BCUT2D eigenvalue weighted by atomic mass is 10.1. The number of hydrogen-bond acceptors (Lipinski definition) is 5. The van der Waals surface area contributed by atoms with Gasteiger partial charge >= 0.3 is 11.9 Å². The van der Waals surface area contributed by atoms with Gasteiger partial charge in [0.25, 0.3) is 0 Å². The summed E-state index contributed by atoms with van der Waals surface area (Å²) in [4.78, 5) is 20.5. The lowest BCUT2D eigenvalue weighted by Crippen LogP contribution is -2.47. The molecule has 1 aliphatic rings. The molecule has 0 radical (unpaired) electrons. The van der Waals surface area contributed by atoms with Gasteiger partial charge in [0.2, 0.25) is 10.0 Å². The third kappa shape index (κ3) is 7.63. The zero-order chi connectivity index (χ0) is 19.0. The Labute approximate surface area is 147 Å². The van der Waals surface area contributed by atoms with Crippen LogP contribution in [-0.4, -0.2) is 72.2 Å². The minimum atomic E-state index is -3.02. The average Bonchev–Trinajstić information content (AvgIpc) is 2.56. The Morgan fingerprint density at radius 2 is 1.40 bits per heavy atom. The molecule has 0 atom stereocenters. The zero-order valence-corrected chi connectivity index (χ0v) is 15.2. The Bertz CT molecular complexity index is 667. The van der Waals surface area contributed by atoms with Gasteiger partial charge in [-0.25, -0.2) is 18.0 Å². The number of benzene rings is 1.